The number of fused-ring (bicyclic) bond motifs is 1. The van der Waals surface area contributed by atoms with Crippen molar-refractivity contribution >= 4 is 22.8 Å². The molecule has 0 aromatic heterocycles. The Balaban J connectivity index is 2.61. The van der Waals surface area contributed by atoms with E-state index in [0.29, 0.717) is 0 Å². The number of carboxylic acids is 1. The summed E-state index contributed by atoms with van der Waals surface area (Å²) in [4.78, 5) is 10.8. The lowest BCUT2D eigenvalue weighted by Gasteiger charge is -2.13. The summed E-state index contributed by atoms with van der Waals surface area (Å²) in [5, 5.41) is 11.0. The van der Waals surface area contributed by atoms with Crippen LogP contribution in [-0.2, 0) is 11.2 Å². The molecule has 0 aliphatic carbocycles. The SMILES string of the molecule is CCCCc1c(C=CC(=O)O)ccc2c(OC)cccc12. The molecular formula is C18H20O3. The van der Waals surface area contributed by atoms with Crippen molar-refractivity contribution in [3.8, 4) is 5.75 Å². The van der Waals surface area contributed by atoms with Crippen molar-refractivity contribution in [2.24, 2.45) is 0 Å². The fraction of sp³-hybridized carbons (Fsp3) is 0.278. The van der Waals surface area contributed by atoms with E-state index in [-0.39, 0.29) is 0 Å². The van der Waals surface area contributed by atoms with Gasteiger partial charge in [0.1, 0.15) is 5.75 Å². The van der Waals surface area contributed by atoms with E-state index in [0.717, 1.165) is 41.3 Å². The molecule has 0 spiro atoms. The fourth-order valence-corrected chi connectivity index (χ4v) is 2.54. The second-order valence-electron chi connectivity index (χ2n) is 4.96. The summed E-state index contributed by atoms with van der Waals surface area (Å²) in [5.41, 5.74) is 2.15. The van der Waals surface area contributed by atoms with E-state index in [2.05, 4.69) is 13.0 Å². The second kappa shape index (κ2) is 6.93. The Morgan fingerprint density at radius 1 is 1.24 bits per heavy atom. The Hall–Kier alpha value is -2.29. The molecule has 1 N–H and O–H groups in total. The highest BCUT2D eigenvalue weighted by atomic mass is 16.5. The van der Waals surface area contributed by atoms with E-state index in [1.54, 1.807) is 13.2 Å². The molecule has 3 heteroatoms. The third-order valence-electron chi connectivity index (χ3n) is 3.57. The molecule has 0 fully saturated rings. The van der Waals surface area contributed by atoms with Crippen molar-refractivity contribution in [1.29, 1.82) is 0 Å². The number of aliphatic carboxylic acids is 1. The van der Waals surface area contributed by atoms with Gasteiger partial charge in [-0.3, -0.25) is 0 Å². The van der Waals surface area contributed by atoms with Crippen LogP contribution < -0.4 is 4.74 Å². The van der Waals surface area contributed by atoms with Gasteiger partial charge in [0.05, 0.1) is 7.11 Å². The van der Waals surface area contributed by atoms with Gasteiger partial charge in [0.2, 0.25) is 0 Å². The van der Waals surface area contributed by atoms with E-state index in [1.165, 1.54) is 11.6 Å². The minimum absolute atomic E-state index is 0.846. The minimum atomic E-state index is -0.929. The van der Waals surface area contributed by atoms with Crippen LogP contribution in [0.3, 0.4) is 0 Å². The maximum atomic E-state index is 10.8. The number of carbonyl (C=O) groups is 1. The van der Waals surface area contributed by atoms with Crippen LogP contribution in [0, 0.1) is 0 Å². The zero-order chi connectivity index (χ0) is 15.2. The van der Waals surface area contributed by atoms with Gasteiger partial charge in [-0.25, -0.2) is 4.79 Å². The van der Waals surface area contributed by atoms with Crippen LogP contribution in [0.15, 0.2) is 36.4 Å². The van der Waals surface area contributed by atoms with Gasteiger partial charge in [0, 0.05) is 11.5 Å². The summed E-state index contributed by atoms with van der Waals surface area (Å²) in [6.45, 7) is 2.15. The molecule has 0 atom stereocenters. The monoisotopic (exact) mass is 284 g/mol. The van der Waals surface area contributed by atoms with Crippen LogP contribution in [0.5, 0.6) is 5.75 Å². The first-order valence-electron chi connectivity index (χ1n) is 7.17. The molecule has 110 valence electrons. The number of methoxy groups -OCH3 is 1. The average molecular weight is 284 g/mol. The smallest absolute Gasteiger partial charge is 0.328 e. The molecule has 0 heterocycles. The lowest BCUT2D eigenvalue weighted by atomic mass is 9.94. The molecule has 21 heavy (non-hydrogen) atoms. The van der Waals surface area contributed by atoms with Crippen LogP contribution in [0.25, 0.3) is 16.8 Å². The summed E-state index contributed by atoms with van der Waals surface area (Å²) in [5.74, 6) is -0.0822. The van der Waals surface area contributed by atoms with Gasteiger partial charge in [0.15, 0.2) is 0 Å². The van der Waals surface area contributed by atoms with E-state index in [1.807, 2.05) is 24.3 Å². The van der Waals surface area contributed by atoms with Gasteiger partial charge < -0.3 is 9.84 Å². The largest absolute Gasteiger partial charge is 0.496 e. The molecule has 0 bridgehead atoms. The minimum Gasteiger partial charge on any atom is -0.496 e. The van der Waals surface area contributed by atoms with E-state index in [4.69, 9.17) is 9.84 Å². The van der Waals surface area contributed by atoms with Crippen LogP contribution in [0.1, 0.15) is 30.9 Å². The lowest BCUT2D eigenvalue weighted by Crippen LogP contribution is -1.95. The quantitative estimate of drug-likeness (QED) is 0.805. The number of unbranched alkanes of at least 4 members (excludes halogenated alkanes) is 1. The van der Waals surface area contributed by atoms with Gasteiger partial charge in [-0.1, -0.05) is 37.6 Å². The van der Waals surface area contributed by atoms with Crippen molar-refractivity contribution in [1.82, 2.24) is 0 Å². The molecule has 2 aromatic carbocycles. The van der Waals surface area contributed by atoms with Crippen LogP contribution in [-0.4, -0.2) is 18.2 Å². The topological polar surface area (TPSA) is 46.5 Å². The highest BCUT2D eigenvalue weighted by molar-refractivity contribution is 5.94. The molecule has 0 amide bonds. The van der Waals surface area contributed by atoms with E-state index < -0.39 is 5.97 Å². The molecule has 0 saturated heterocycles. The van der Waals surface area contributed by atoms with Gasteiger partial charge in [-0.15, -0.1) is 0 Å². The van der Waals surface area contributed by atoms with Gasteiger partial charge in [0.25, 0.3) is 0 Å². The third-order valence-corrected chi connectivity index (χ3v) is 3.57. The molecule has 0 aliphatic heterocycles. The molecule has 2 aromatic rings. The van der Waals surface area contributed by atoms with E-state index >= 15 is 0 Å². The molecule has 2 rings (SSSR count). The Kier molecular flexibility index (Phi) is 4.99. The number of hydrogen-bond donors (Lipinski definition) is 1. The summed E-state index contributed by atoms with van der Waals surface area (Å²) >= 11 is 0. The Bertz CT molecular complexity index is 671. The number of rotatable bonds is 6. The number of ether oxygens (including phenoxy) is 1. The van der Waals surface area contributed by atoms with Crippen molar-refractivity contribution in [2.45, 2.75) is 26.2 Å². The molecule has 0 aliphatic rings. The fourth-order valence-electron chi connectivity index (χ4n) is 2.54. The van der Waals surface area contributed by atoms with Crippen molar-refractivity contribution in [3.05, 3.63) is 47.5 Å². The standard InChI is InChI=1S/C18H20O3/c1-3-4-6-14-13(10-12-18(19)20)9-11-16-15(14)7-5-8-17(16)21-2/h5,7-12H,3-4,6H2,1-2H3,(H,19,20). The predicted molar refractivity (Wildman–Crippen MR) is 85.8 cm³/mol. The molecule has 0 saturated carbocycles. The summed E-state index contributed by atoms with van der Waals surface area (Å²) < 4.78 is 5.41. The van der Waals surface area contributed by atoms with Crippen molar-refractivity contribution in [3.63, 3.8) is 0 Å². The highest BCUT2D eigenvalue weighted by Crippen LogP contribution is 2.31. The van der Waals surface area contributed by atoms with Gasteiger partial charge in [-0.05, 0) is 41.5 Å². The summed E-state index contributed by atoms with van der Waals surface area (Å²) in [7, 11) is 1.67. The average Bonchev–Trinajstić information content (AvgIpc) is 2.50. The Morgan fingerprint density at radius 3 is 2.71 bits per heavy atom. The highest BCUT2D eigenvalue weighted by Gasteiger charge is 2.09. The Morgan fingerprint density at radius 2 is 2.05 bits per heavy atom. The van der Waals surface area contributed by atoms with Crippen LogP contribution >= 0.6 is 0 Å². The third kappa shape index (κ3) is 3.43. The van der Waals surface area contributed by atoms with Crippen molar-refractivity contribution in [2.75, 3.05) is 7.11 Å². The molecule has 0 radical (unpaired) electrons. The van der Waals surface area contributed by atoms with Gasteiger partial charge >= 0.3 is 5.97 Å². The first-order chi connectivity index (χ1) is 10.2. The molecule has 3 nitrogen and oxygen atoms in total. The zero-order valence-corrected chi connectivity index (χ0v) is 12.4. The number of hydrogen-bond acceptors (Lipinski definition) is 2. The van der Waals surface area contributed by atoms with Crippen LogP contribution in [0.2, 0.25) is 0 Å². The van der Waals surface area contributed by atoms with E-state index in [9.17, 15) is 4.79 Å². The van der Waals surface area contributed by atoms with Gasteiger partial charge in [-0.2, -0.15) is 0 Å². The number of carboxylic acid groups (broad SMARTS) is 1. The zero-order valence-electron chi connectivity index (χ0n) is 12.4. The predicted octanol–water partition coefficient (Wildman–Crippen LogP) is 4.29. The number of aryl methyl sites for hydroxylation is 1. The Labute approximate surface area is 124 Å². The maximum Gasteiger partial charge on any atom is 0.328 e. The molecule has 0 unspecified atom stereocenters. The first kappa shape index (κ1) is 15.1. The second-order valence-corrected chi connectivity index (χ2v) is 4.96. The summed E-state index contributed by atoms with van der Waals surface area (Å²) in [6.07, 6.45) is 5.97. The maximum absolute atomic E-state index is 10.8. The number of benzene rings is 2. The first-order valence-corrected chi connectivity index (χ1v) is 7.17. The summed E-state index contributed by atoms with van der Waals surface area (Å²) in [6, 6.07) is 9.95. The van der Waals surface area contributed by atoms with Crippen molar-refractivity contribution < 1.29 is 14.6 Å². The lowest BCUT2D eigenvalue weighted by molar-refractivity contribution is -0.131. The molecular weight excluding hydrogens is 264 g/mol. The normalized spacial score (nSPS) is 11.1. The van der Waals surface area contributed by atoms with Crippen LogP contribution in [0.4, 0.5) is 0 Å².